The predicted octanol–water partition coefficient (Wildman–Crippen LogP) is 3.95. The smallest absolute Gasteiger partial charge is 0.152 e. The fourth-order valence-corrected chi connectivity index (χ4v) is 3.19. The number of H-pyrrole nitrogens is 1. The number of hydrogen-bond acceptors (Lipinski definition) is 3. The number of amidine groups is 1. The van der Waals surface area contributed by atoms with Crippen molar-refractivity contribution in [2.45, 2.75) is 4.90 Å². The number of hydrogen-bond donors (Lipinski definition) is 2. The second-order valence-corrected chi connectivity index (χ2v) is 6.37. The quantitative estimate of drug-likeness (QED) is 0.330. The monoisotopic (exact) mass is 326 g/mol. The van der Waals surface area contributed by atoms with Gasteiger partial charge in [-0.1, -0.05) is 27.4 Å². The van der Waals surface area contributed by atoms with Gasteiger partial charge in [0.25, 0.3) is 0 Å². The normalized spacial score (nSPS) is 11.8. The van der Waals surface area contributed by atoms with Crippen LogP contribution in [0.3, 0.4) is 0 Å². The van der Waals surface area contributed by atoms with Gasteiger partial charge in [-0.15, -0.1) is 11.8 Å². The van der Waals surface area contributed by atoms with Gasteiger partial charge in [-0.05, 0) is 24.3 Å². The van der Waals surface area contributed by atoms with Crippen molar-refractivity contribution in [1.82, 2.24) is 9.97 Å². The van der Waals surface area contributed by atoms with Crippen molar-refractivity contribution < 1.29 is 0 Å². The van der Waals surface area contributed by atoms with Crippen molar-refractivity contribution in [3.05, 3.63) is 60.4 Å². The number of fused-ring (bicyclic) bond motifs is 1. The van der Waals surface area contributed by atoms with Crippen LogP contribution in [-0.4, -0.2) is 27.0 Å². The van der Waals surface area contributed by atoms with Crippen molar-refractivity contribution in [3.8, 4) is 0 Å². The standard InChI is InChI=1S/C16H15N4PS/c17-15(12-6-8-18-16-13(12)7-9-19-16)20-14(21)10-22-11-4-2-1-3-5-11/h1-9,17H,10,21H2,(H,18,19). The summed E-state index contributed by atoms with van der Waals surface area (Å²) in [6, 6.07) is 13.9. The highest BCUT2D eigenvalue weighted by molar-refractivity contribution is 8.00. The number of rotatable bonds is 4. The molecule has 1 atom stereocenters. The molecule has 3 aromatic rings. The van der Waals surface area contributed by atoms with Crippen LogP contribution in [-0.2, 0) is 0 Å². The number of nitrogens with zero attached hydrogens (tertiary/aromatic N) is 2. The van der Waals surface area contributed by atoms with Crippen LogP contribution < -0.4 is 0 Å². The van der Waals surface area contributed by atoms with Crippen molar-refractivity contribution in [2.24, 2.45) is 4.99 Å². The molecule has 110 valence electrons. The molecule has 0 radical (unpaired) electrons. The van der Waals surface area contributed by atoms with Gasteiger partial charge in [0.05, 0.1) is 0 Å². The Labute approximate surface area is 135 Å². The highest BCUT2D eigenvalue weighted by atomic mass is 32.2. The highest BCUT2D eigenvalue weighted by Gasteiger charge is 2.07. The maximum atomic E-state index is 8.21. The van der Waals surface area contributed by atoms with E-state index >= 15 is 0 Å². The average Bonchev–Trinajstić information content (AvgIpc) is 3.02. The van der Waals surface area contributed by atoms with Crippen molar-refractivity contribution in [1.29, 1.82) is 5.41 Å². The third-order valence-corrected chi connectivity index (χ3v) is 4.78. The van der Waals surface area contributed by atoms with E-state index in [0.717, 1.165) is 27.8 Å². The van der Waals surface area contributed by atoms with E-state index in [0.29, 0.717) is 0 Å². The third kappa shape index (κ3) is 3.43. The molecule has 0 fully saturated rings. The molecule has 2 heterocycles. The molecule has 0 aliphatic rings. The Kier molecular flexibility index (Phi) is 4.66. The highest BCUT2D eigenvalue weighted by Crippen LogP contribution is 2.20. The van der Waals surface area contributed by atoms with Crippen LogP contribution in [0.5, 0.6) is 0 Å². The minimum absolute atomic E-state index is 0.255. The summed E-state index contributed by atoms with van der Waals surface area (Å²) in [4.78, 5) is 12.9. The van der Waals surface area contributed by atoms with E-state index in [9.17, 15) is 0 Å². The van der Waals surface area contributed by atoms with Gasteiger partial charge < -0.3 is 4.98 Å². The van der Waals surface area contributed by atoms with Gasteiger partial charge in [-0.3, -0.25) is 5.41 Å². The summed E-state index contributed by atoms with van der Waals surface area (Å²) in [5, 5.41) is 9.13. The molecule has 0 bridgehead atoms. The molecule has 3 rings (SSSR count). The summed E-state index contributed by atoms with van der Waals surface area (Å²) in [6.45, 7) is 0. The first-order chi connectivity index (χ1) is 10.7. The summed E-state index contributed by atoms with van der Waals surface area (Å²) in [7, 11) is 2.62. The molecular weight excluding hydrogens is 311 g/mol. The molecule has 2 aromatic heterocycles. The number of benzene rings is 1. The molecule has 0 saturated heterocycles. The molecular formula is C16H15N4PS. The minimum atomic E-state index is 0.255. The fraction of sp³-hybridized carbons (Fsp3) is 0.0625. The predicted molar refractivity (Wildman–Crippen MR) is 97.2 cm³/mol. The first kappa shape index (κ1) is 14.9. The maximum absolute atomic E-state index is 8.21. The number of nitrogens with one attached hydrogen (secondary N) is 2. The fourth-order valence-electron chi connectivity index (χ4n) is 2.08. The Bertz CT molecular complexity index is 826. The molecule has 0 aliphatic carbocycles. The Balaban J connectivity index is 1.73. The molecule has 4 nitrogen and oxygen atoms in total. The lowest BCUT2D eigenvalue weighted by molar-refractivity contribution is 1.32. The number of aromatic nitrogens is 2. The zero-order chi connectivity index (χ0) is 15.4. The van der Waals surface area contributed by atoms with E-state index < -0.39 is 0 Å². The van der Waals surface area contributed by atoms with Crippen LogP contribution >= 0.6 is 21.0 Å². The van der Waals surface area contributed by atoms with Gasteiger partial charge in [-0.2, -0.15) is 0 Å². The lowest BCUT2D eigenvalue weighted by Gasteiger charge is -2.04. The van der Waals surface area contributed by atoms with Crippen LogP contribution in [0.25, 0.3) is 11.0 Å². The van der Waals surface area contributed by atoms with Gasteiger partial charge >= 0.3 is 0 Å². The maximum Gasteiger partial charge on any atom is 0.152 e. The summed E-state index contributed by atoms with van der Waals surface area (Å²) < 4.78 is 0. The number of thioether (sulfide) groups is 1. The molecule has 0 saturated carbocycles. The summed E-state index contributed by atoms with van der Waals surface area (Å²) in [5.41, 5.74) is 2.41. The number of aromatic amines is 1. The Morgan fingerprint density at radius 2 is 2.05 bits per heavy atom. The van der Waals surface area contributed by atoms with E-state index in [1.54, 1.807) is 18.0 Å². The van der Waals surface area contributed by atoms with Gasteiger partial charge in [0, 0.05) is 39.4 Å². The van der Waals surface area contributed by atoms with E-state index in [1.807, 2.05) is 36.5 Å². The molecule has 1 unspecified atom stereocenters. The zero-order valence-electron chi connectivity index (χ0n) is 11.8. The van der Waals surface area contributed by atoms with Crippen molar-refractivity contribution in [2.75, 3.05) is 5.75 Å². The first-order valence-corrected chi connectivity index (χ1v) is 8.32. The van der Waals surface area contributed by atoms with Crippen LogP contribution in [0.4, 0.5) is 0 Å². The SMILES string of the molecule is N=C(N=C(P)CSc1ccccc1)c1ccnc2[nH]ccc12. The molecule has 1 aromatic carbocycles. The van der Waals surface area contributed by atoms with E-state index in [1.165, 1.54) is 4.90 Å². The topological polar surface area (TPSA) is 64.9 Å². The van der Waals surface area contributed by atoms with Gasteiger partial charge in [-0.25, -0.2) is 9.98 Å². The Hall–Kier alpha value is -1.97. The average molecular weight is 326 g/mol. The number of pyridine rings is 1. The van der Waals surface area contributed by atoms with E-state index in [4.69, 9.17) is 5.41 Å². The second-order valence-electron chi connectivity index (χ2n) is 4.65. The molecule has 0 aliphatic heterocycles. The lowest BCUT2D eigenvalue weighted by atomic mass is 10.2. The Morgan fingerprint density at radius 1 is 1.23 bits per heavy atom. The van der Waals surface area contributed by atoms with Crippen molar-refractivity contribution in [3.63, 3.8) is 0 Å². The van der Waals surface area contributed by atoms with Gasteiger partial charge in [0.2, 0.25) is 0 Å². The van der Waals surface area contributed by atoms with Crippen LogP contribution in [0, 0.1) is 5.41 Å². The molecule has 2 N–H and O–H groups in total. The van der Waals surface area contributed by atoms with E-state index in [2.05, 4.69) is 36.3 Å². The summed E-state index contributed by atoms with van der Waals surface area (Å²) in [5.74, 6) is 0.990. The van der Waals surface area contributed by atoms with Crippen molar-refractivity contribution >= 4 is 43.3 Å². The van der Waals surface area contributed by atoms with Gasteiger partial charge in [0.1, 0.15) is 5.65 Å². The molecule has 6 heteroatoms. The summed E-state index contributed by atoms with van der Waals surface area (Å²) in [6.07, 6.45) is 3.52. The Morgan fingerprint density at radius 3 is 2.86 bits per heavy atom. The number of aliphatic imine (C=N–C) groups is 1. The third-order valence-electron chi connectivity index (χ3n) is 3.10. The first-order valence-electron chi connectivity index (χ1n) is 6.76. The minimum Gasteiger partial charge on any atom is -0.346 e. The zero-order valence-corrected chi connectivity index (χ0v) is 13.8. The lowest BCUT2D eigenvalue weighted by Crippen LogP contribution is -2.01. The van der Waals surface area contributed by atoms with E-state index in [-0.39, 0.29) is 5.84 Å². The van der Waals surface area contributed by atoms with Crippen LogP contribution in [0.15, 0.2) is 64.7 Å². The largest absolute Gasteiger partial charge is 0.346 e. The molecule has 0 spiro atoms. The summed E-state index contributed by atoms with van der Waals surface area (Å²) >= 11 is 1.70. The molecule has 0 amide bonds. The molecule has 22 heavy (non-hydrogen) atoms. The van der Waals surface area contributed by atoms with Crippen LogP contribution in [0.1, 0.15) is 5.56 Å². The van der Waals surface area contributed by atoms with Gasteiger partial charge in [0.15, 0.2) is 5.84 Å². The second kappa shape index (κ2) is 6.86. The van der Waals surface area contributed by atoms with Crippen LogP contribution in [0.2, 0.25) is 0 Å².